The van der Waals surface area contributed by atoms with Gasteiger partial charge in [0.25, 0.3) is 0 Å². The number of hydrogen-bond donors (Lipinski definition) is 2. The van der Waals surface area contributed by atoms with Gasteiger partial charge in [-0.1, -0.05) is 12.1 Å². The molecule has 0 saturated carbocycles. The Hall–Kier alpha value is -1.35. The first-order valence-corrected chi connectivity index (χ1v) is 5.87. The minimum absolute atomic E-state index is 0.249. The predicted molar refractivity (Wildman–Crippen MR) is 67.5 cm³/mol. The lowest BCUT2D eigenvalue weighted by Crippen LogP contribution is -2.32. The zero-order valence-corrected chi connectivity index (χ0v) is 9.96. The van der Waals surface area contributed by atoms with Gasteiger partial charge in [0, 0.05) is 11.6 Å². The van der Waals surface area contributed by atoms with Crippen LogP contribution in [0.2, 0.25) is 0 Å². The second-order valence-electron chi connectivity index (χ2n) is 4.55. The number of nitrogens with two attached hydrogens (primary N) is 1. The molecule has 0 atom stereocenters. The summed E-state index contributed by atoms with van der Waals surface area (Å²) in [5.74, 6) is 6.30. The topological polar surface area (TPSA) is 50.4 Å². The van der Waals surface area contributed by atoms with Gasteiger partial charge in [0.05, 0.1) is 0 Å². The molecular formula is C13H19N3. The molecule has 3 N–H and O–H groups in total. The number of aliphatic imine (C=N–C) groups is 1. The molecule has 0 unspecified atom stereocenters. The van der Waals surface area contributed by atoms with Crippen LogP contribution in [0.1, 0.15) is 37.0 Å². The molecule has 0 amide bonds. The zero-order valence-electron chi connectivity index (χ0n) is 9.96. The molecule has 3 nitrogen and oxygen atoms in total. The van der Waals surface area contributed by atoms with Crippen molar-refractivity contribution in [1.82, 2.24) is 5.43 Å². The summed E-state index contributed by atoms with van der Waals surface area (Å²) in [4.78, 5) is 4.47. The Morgan fingerprint density at radius 2 is 2.06 bits per heavy atom. The van der Waals surface area contributed by atoms with Crippen LogP contribution >= 0.6 is 0 Å². The largest absolute Gasteiger partial charge is 0.308 e. The molecule has 0 spiro atoms. The van der Waals surface area contributed by atoms with E-state index in [-0.39, 0.29) is 6.04 Å². The number of nitrogens with one attached hydrogen (secondary N) is 1. The number of aryl methyl sites for hydroxylation is 2. The molecule has 0 aromatic heterocycles. The molecule has 3 heteroatoms. The number of amidine groups is 1. The average Bonchev–Trinajstić information content (AvgIpc) is 2.72. The first kappa shape index (κ1) is 11.1. The van der Waals surface area contributed by atoms with Crippen molar-refractivity contribution >= 4 is 5.84 Å². The monoisotopic (exact) mass is 217 g/mol. The smallest absolute Gasteiger partial charge is 0.142 e. The highest BCUT2D eigenvalue weighted by Gasteiger charge is 2.12. The highest BCUT2D eigenvalue weighted by Crippen LogP contribution is 2.22. The number of hydrazine groups is 1. The van der Waals surface area contributed by atoms with E-state index < -0.39 is 0 Å². The van der Waals surface area contributed by atoms with Crippen molar-refractivity contribution in [1.29, 1.82) is 0 Å². The van der Waals surface area contributed by atoms with Crippen LogP contribution < -0.4 is 11.3 Å². The van der Waals surface area contributed by atoms with Crippen molar-refractivity contribution in [2.75, 3.05) is 0 Å². The van der Waals surface area contributed by atoms with Gasteiger partial charge in [0.2, 0.25) is 0 Å². The van der Waals surface area contributed by atoms with Crippen LogP contribution in [0.3, 0.4) is 0 Å². The number of rotatable bonds is 2. The van der Waals surface area contributed by atoms with Crippen molar-refractivity contribution in [3.63, 3.8) is 0 Å². The minimum atomic E-state index is 0.249. The first-order valence-electron chi connectivity index (χ1n) is 5.87. The highest BCUT2D eigenvalue weighted by molar-refractivity contribution is 5.98. The number of nitrogens with zero attached hydrogens (tertiary/aromatic N) is 1. The van der Waals surface area contributed by atoms with Gasteiger partial charge in [0.15, 0.2) is 0 Å². The Balaban J connectivity index is 2.33. The lowest BCUT2D eigenvalue weighted by molar-refractivity contribution is 0.820. The van der Waals surface area contributed by atoms with Crippen LogP contribution in [0.15, 0.2) is 23.2 Å². The molecule has 0 heterocycles. The Labute approximate surface area is 96.7 Å². The summed E-state index contributed by atoms with van der Waals surface area (Å²) >= 11 is 0. The van der Waals surface area contributed by atoms with E-state index in [0.717, 1.165) is 11.4 Å². The van der Waals surface area contributed by atoms with Crippen molar-refractivity contribution in [3.8, 4) is 0 Å². The van der Waals surface area contributed by atoms with Gasteiger partial charge >= 0.3 is 0 Å². The molecule has 16 heavy (non-hydrogen) atoms. The van der Waals surface area contributed by atoms with Gasteiger partial charge in [0.1, 0.15) is 5.84 Å². The molecular weight excluding hydrogens is 198 g/mol. The second kappa shape index (κ2) is 4.66. The number of hydrogen-bond acceptors (Lipinski definition) is 2. The molecule has 1 aliphatic rings. The molecule has 0 radical (unpaired) electrons. The molecule has 1 aliphatic carbocycles. The normalized spacial score (nSPS) is 15.4. The zero-order chi connectivity index (χ0) is 11.5. The molecule has 0 saturated heterocycles. The van der Waals surface area contributed by atoms with Crippen LogP contribution in [0.5, 0.6) is 0 Å². The van der Waals surface area contributed by atoms with E-state index in [1.54, 1.807) is 0 Å². The van der Waals surface area contributed by atoms with Gasteiger partial charge in [-0.25, -0.2) is 5.84 Å². The third-order valence-corrected chi connectivity index (χ3v) is 2.90. The standard InChI is InChI=1S/C13H19N3/c1-9(2)15-13(16-14)12-7-6-10-4-3-5-11(10)8-12/h6-9H,3-5,14H2,1-2H3,(H,15,16). The van der Waals surface area contributed by atoms with Gasteiger partial charge in [-0.2, -0.15) is 0 Å². The second-order valence-corrected chi connectivity index (χ2v) is 4.55. The maximum Gasteiger partial charge on any atom is 0.142 e. The summed E-state index contributed by atoms with van der Waals surface area (Å²) in [5.41, 5.74) is 6.71. The molecule has 1 aromatic rings. The molecule has 0 fully saturated rings. The highest BCUT2D eigenvalue weighted by atomic mass is 15.3. The van der Waals surface area contributed by atoms with E-state index in [1.165, 1.54) is 30.4 Å². The molecule has 2 rings (SSSR count). The Kier molecular flexibility index (Phi) is 3.25. The summed E-state index contributed by atoms with van der Waals surface area (Å²) in [6.07, 6.45) is 3.66. The SMILES string of the molecule is CC(C)N=C(NN)c1ccc2c(c1)CCC2. The first-order chi connectivity index (χ1) is 7.70. The van der Waals surface area contributed by atoms with Crippen LogP contribution in [-0.4, -0.2) is 11.9 Å². The van der Waals surface area contributed by atoms with Gasteiger partial charge in [-0.15, -0.1) is 0 Å². The molecule has 0 bridgehead atoms. The molecule has 1 aromatic carbocycles. The average molecular weight is 217 g/mol. The number of fused-ring (bicyclic) bond motifs is 1. The van der Waals surface area contributed by atoms with E-state index in [4.69, 9.17) is 5.84 Å². The summed E-state index contributed by atoms with van der Waals surface area (Å²) in [6, 6.07) is 6.76. The maximum atomic E-state index is 5.52. The fraction of sp³-hybridized carbons (Fsp3) is 0.462. The minimum Gasteiger partial charge on any atom is -0.308 e. The summed E-state index contributed by atoms with van der Waals surface area (Å²) in [6.45, 7) is 4.09. The summed E-state index contributed by atoms with van der Waals surface area (Å²) in [7, 11) is 0. The third kappa shape index (κ3) is 2.25. The van der Waals surface area contributed by atoms with Crippen molar-refractivity contribution in [2.45, 2.75) is 39.2 Å². The van der Waals surface area contributed by atoms with Crippen LogP contribution in [0, 0.1) is 0 Å². The van der Waals surface area contributed by atoms with E-state index in [2.05, 4.69) is 28.6 Å². The lowest BCUT2D eigenvalue weighted by Gasteiger charge is -2.09. The predicted octanol–water partition coefficient (Wildman–Crippen LogP) is 1.79. The van der Waals surface area contributed by atoms with Gasteiger partial charge in [-0.05, 0) is 50.3 Å². The third-order valence-electron chi connectivity index (χ3n) is 2.90. The van der Waals surface area contributed by atoms with E-state index >= 15 is 0 Å². The molecule has 86 valence electrons. The fourth-order valence-corrected chi connectivity index (χ4v) is 2.17. The summed E-state index contributed by atoms with van der Waals surface area (Å²) in [5, 5.41) is 0. The summed E-state index contributed by atoms with van der Waals surface area (Å²) < 4.78 is 0. The van der Waals surface area contributed by atoms with Gasteiger partial charge in [-0.3, -0.25) is 4.99 Å². The fourth-order valence-electron chi connectivity index (χ4n) is 2.17. The quantitative estimate of drug-likeness (QED) is 0.343. The van der Waals surface area contributed by atoms with Crippen LogP contribution in [0.25, 0.3) is 0 Å². The van der Waals surface area contributed by atoms with Crippen molar-refractivity contribution in [2.24, 2.45) is 10.8 Å². The Morgan fingerprint density at radius 1 is 1.31 bits per heavy atom. The van der Waals surface area contributed by atoms with E-state index in [9.17, 15) is 0 Å². The number of benzene rings is 1. The van der Waals surface area contributed by atoms with Crippen LogP contribution in [-0.2, 0) is 12.8 Å². The Bertz CT molecular complexity index is 408. The van der Waals surface area contributed by atoms with Crippen LogP contribution in [0.4, 0.5) is 0 Å². The molecule has 0 aliphatic heterocycles. The van der Waals surface area contributed by atoms with E-state index in [1.807, 2.05) is 13.8 Å². The lowest BCUT2D eigenvalue weighted by atomic mass is 10.1. The Morgan fingerprint density at radius 3 is 2.75 bits per heavy atom. The maximum absolute atomic E-state index is 5.52. The van der Waals surface area contributed by atoms with Crippen molar-refractivity contribution in [3.05, 3.63) is 34.9 Å². The van der Waals surface area contributed by atoms with Crippen molar-refractivity contribution < 1.29 is 0 Å². The van der Waals surface area contributed by atoms with E-state index in [0.29, 0.717) is 0 Å². The van der Waals surface area contributed by atoms with Gasteiger partial charge < -0.3 is 5.43 Å².